The van der Waals surface area contributed by atoms with E-state index in [2.05, 4.69) is 10.0 Å². The Balaban J connectivity index is 2.04. The van der Waals surface area contributed by atoms with Gasteiger partial charge in [0.25, 0.3) is 15.9 Å². The maximum atomic E-state index is 12.5. The Bertz CT molecular complexity index is 940. The maximum Gasteiger partial charge on any atom is 0.338 e. The minimum atomic E-state index is -3.79. The highest BCUT2D eigenvalue weighted by molar-refractivity contribution is 7.92. The topological polar surface area (TPSA) is 111 Å². The predicted octanol–water partition coefficient (Wildman–Crippen LogP) is 2.57. The van der Waals surface area contributed by atoms with Gasteiger partial charge in [0.2, 0.25) is 0 Å². The van der Waals surface area contributed by atoms with Crippen molar-refractivity contribution in [3.8, 4) is 5.75 Å². The van der Waals surface area contributed by atoms with Gasteiger partial charge >= 0.3 is 5.97 Å². The predicted molar refractivity (Wildman–Crippen MR) is 108 cm³/mol. The van der Waals surface area contributed by atoms with Crippen molar-refractivity contribution in [1.29, 1.82) is 0 Å². The van der Waals surface area contributed by atoms with Crippen molar-refractivity contribution >= 4 is 27.6 Å². The highest BCUT2D eigenvalue weighted by Crippen LogP contribution is 2.20. The van der Waals surface area contributed by atoms with E-state index < -0.39 is 22.1 Å². The molecule has 9 heteroatoms. The van der Waals surface area contributed by atoms with Crippen LogP contribution in [-0.4, -0.2) is 39.5 Å². The number of hydrogen-bond acceptors (Lipinski definition) is 6. The summed E-state index contributed by atoms with van der Waals surface area (Å²) in [5.41, 5.74) is 0.484. The van der Waals surface area contributed by atoms with Crippen LogP contribution in [0.5, 0.6) is 5.75 Å². The molecule has 0 spiro atoms. The van der Waals surface area contributed by atoms with Crippen molar-refractivity contribution < 1.29 is 27.5 Å². The zero-order chi connectivity index (χ0) is 21.4. The second kappa shape index (κ2) is 9.92. The molecular weight excluding hydrogens is 396 g/mol. The first kappa shape index (κ1) is 22.2. The van der Waals surface area contributed by atoms with Crippen LogP contribution < -0.4 is 14.8 Å². The maximum absolute atomic E-state index is 12.5. The molecule has 0 saturated carbocycles. The van der Waals surface area contributed by atoms with Crippen LogP contribution in [0.15, 0.2) is 53.4 Å². The van der Waals surface area contributed by atoms with E-state index in [4.69, 9.17) is 9.47 Å². The molecule has 1 atom stereocenters. The van der Waals surface area contributed by atoms with Gasteiger partial charge in [-0.05, 0) is 69.3 Å². The minimum absolute atomic E-state index is 0.0835. The third-order valence-electron chi connectivity index (χ3n) is 3.82. The Morgan fingerprint density at radius 2 is 1.62 bits per heavy atom. The highest BCUT2D eigenvalue weighted by atomic mass is 32.2. The number of nitrogens with one attached hydrogen (secondary N) is 2. The first-order valence-electron chi connectivity index (χ1n) is 9.11. The van der Waals surface area contributed by atoms with Gasteiger partial charge in [0.05, 0.1) is 17.1 Å². The normalized spacial score (nSPS) is 12.0. The van der Waals surface area contributed by atoms with Gasteiger partial charge in [-0.2, -0.15) is 0 Å². The monoisotopic (exact) mass is 420 g/mol. The smallest absolute Gasteiger partial charge is 0.338 e. The van der Waals surface area contributed by atoms with E-state index in [1.807, 2.05) is 6.92 Å². The van der Waals surface area contributed by atoms with E-state index in [0.29, 0.717) is 18.9 Å². The summed E-state index contributed by atoms with van der Waals surface area (Å²) in [5, 5.41) is 2.56. The lowest BCUT2D eigenvalue weighted by Gasteiger charge is -2.13. The van der Waals surface area contributed by atoms with E-state index in [-0.39, 0.29) is 22.1 Å². The van der Waals surface area contributed by atoms with Crippen LogP contribution >= 0.6 is 0 Å². The number of sulfonamides is 1. The van der Waals surface area contributed by atoms with Crippen molar-refractivity contribution in [2.24, 2.45) is 0 Å². The molecule has 0 aliphatic heterocycles. The van der Waals surface area contributed by atoms with E-state index in [1.165, 1.54) is 43.3 Å². The molecule has 2 aromatic rings. The lowest BCUT2D eigenvalue weighted by Crippen LogP contribution is -2.35. The lowest BCUT2D eigenvalue weighted by atomic mass is 10.2. The van der Waals surface area contributed by atoms with Gasteiger partial charge in [0.15, 0.2) is 6.10 Å². The SMILES string of the molecule is CCNC(=O)[C@@H](C)OC(=O)c1ccc(NS(=O)(=O)c2ccc(OCC)cc2)cc1. The fourth-order valence-electron chi connectivity index (χ4n) is 2.37. The molecule has 0 bridgehead atoms. The summed E-state index contributed by atoms with van der Waals surface area (Å²) < 4.78 is 37.8. The molecule has 0 radical (unpaired) electrons. The van der Waals surface area contributed by atoms with Gasteiger partial charge in [0, 0.05) is 12.2 Å². The van der Waals surface area contributed by atoms with E-state index in [9.17, 15) is 18.0 Å². The van der Waals surface area contributed by atoms with Crippen LogP contribution in [0.1, 0.15) is 31.1 Å². The van der Waals surface area contributed by atoms with Gasteiger partial charge in [-0.25, -0.2) is 13.2 Å². The molecule has 156 valence electrons. The summed E-state index contributed by atoms with van der Waals surface area (Å²) in [6, 6.07) is 11.8. The highest BCUT2D eigenvalue weighted by Gasteiger charge is 2.19. The third-order valence-corrected chi connectivity index (χ3v) is 5.22. The standard InChI is InChI=1S/C20H24N2O6S/c1-4-21-19(23)14(3)28-20(24)15-6-8-16(9-7-15)22-29(25,26)18-12-10-17(11-13-18)27-5-2/h6-14,22H,4-5H2,1-3H3,(H,21,23)/t14-/m1/s1. The number of carbonyl (C=O) groups excluding carboxylic acids is 2. The van der Waals surface area contributed by atoms with Gasteiger partial charge in [-0.1, -0.05) is 0 Å². The summed E-state index contributed by atoms with van der Waals surface area (Å²) in [6.07, 6.45) is -0.930. The Labute approximate surface area is 170 Å². The second-order valence-electron chi connectivity index (χ2n) is 6.03. The fraction of sp³-hybridized carbons (Fsp3) is 0.300. The molecule has 8 nitrogen and oxygen atoms in total. The largest absolute Gasteiger partial charge is 0.494 e. The molecule has 0 unspecified atom stereocenters. The quantitative estimate of drug-likeness (QED) is 0.603. The van der Waals surface area contributed by atoms with Crippen molar-refractivity contribution in [3.63, 3.8) is 0 Å². The first-order chi connectivity index (χ1) is 13.8. The van der Waals surface area contributed by atoms with Crippen LogP contribution in [0.4, 0.5) is 5.69 Å². The van der Waals surface area contributed by atoms with Gasteiger partial charge in [-0.3, -0.25) is 9.52 Å². The number of esters is 1. The number of hydrogen-bond donors (Lipinski definition) is 2. The molecule has 1 amide bonds. The molecule has 0 aliphatic rings. The molecule has 0 heterocycles. The van der Waals surface area contributed by atoms with Gasteiger partial charge < -0.3 is 14.8 Å². The van der Waals surface area contributed by atoms with E-state index in [0.717, 1.165) is 0 Å². The summed E-state index contributed by atoms with van der Waals surface area (Å²) in [5.74, 6) is -0.485. The number of benzene rings is 2. The summed E-state index contributed by atoms with van der Waals surface area (Å²) >= 11 is 0. The fourth-order valence-corrected chi connectivity index (χ4v) is 3.43. The Morgan fingerprint density at radius 1 is 1.00 bits per heavy atom. The Kier molecular flexibility index (Phi) is 7.60. The first-order valence-corrected chi connectivity index (χ1v) is 10.6. The molecular formula is C20H24N2O6S. The number of carbonyl (C=O) groups is 2. The van der Waals surface area contributed by atoms with E-state index >= 15 is 0 Å². The minimum Gasteiger partial charge on any atom is -0.494 e. The average Bonchev–Trinajstić information content (AvgIpc) is 2.69. The summed E-state index contributed by atoms with van der Waals surface area (Å²) in [4.78, 5) is 23.8. The van der Waals surface area contributed by atoms with Crippen LogP contribution in [0.3, 0.4) is 0 Å². The van der Waals surface area contributed by atoms with Crippen molar-refractivity contribution in [2.45, 2.75) is 31.8 Å². The summed E-state index contributed by atoms with van der Waals surface area (Å²) in [7, 11) is -3.79. The molecule has 2 aromatic carbocycles. The molecule has 2 rings (SSSR count). The zero-order valence-corrected chi connectivity index (χ0v) is 17.3. The number of likely N-dealkylation sites (N-methyl/N-ethyl adjacent to an activating group) is 1. The average molecular weight is 420 g/mol. The molecule has 0 saturated heterocycles. The van der Waals surface area contributed by atoms with Crippen molar-refractivity contribution in [2.75, 3.05) is 17.9 Å². The second-order valence-corrected chi connectivity index (χ2v) is 7.71. The number of ether oxygens (including phenoxy) is 2. The number of rotatable bonds is 9. The lowest BCUT2D eigenvalue weighted by molar-refractivity contribution is -0.128. The van der Waals surface area contributed by atoms with Crippen molar-refractivity contribution in [1.82, 2.24) is 5.32 Å². The number of anilines is 1. The molecule has 0 aromatic heterocycles. The van der Waals surface area contributed by atoms with Crippen LogP contribution in [0.2, 0.25) is 0 Å². The van der Waals surface area contributed by atoms with Crippen LogP contribution in [-0.2, 0) is 19.6 Å². The molecule has 0 aliphatic carbocycles. The van der Waals surface area contributed by atoms with E-state index in [1.54, 1.807) is 19.1 Å². The van der Waals surface area contributed by atoms with Gasteiger partial charge in [0.1, 0.15) is 5.75 Å². The third kappa shape index (κ3) is 6.21. The number of amides is 1. The molecule has 0 fully saturated rings. The van der Waals surface area contributed by atoms with Crippen LogP contribution in [0, 0.1) is 0 Å². The van der Waals surface area contributed by atoms with Crippen molar-refractivity contribution in [3.05, 3.63) is 54.1 Å². The Hall–Kier alpha value is -3.07. The summed E-state index contributed by atoms with van der Waals surface area (Å²) in [6.45, 7) is 6.00. The zero-order valence-electron chi connectivity index (χ0n) is 16.5. The molecule has 29 heavy (non-hydrogen) atoms. The molecule has 2 N–H and O–H groups in total. The van der Waals surface area contributed by atoms with Gasteiger partial charge in [-0.15, -0.1) is 0 Å². The Morgan fingerprint density at radius 3 is 2.17 bits per heavy atom. The van der Waals surface area contributed by atoms with Crippen LogP contribution in [0.25, 0.3) is 0 Å².